The SMILES string of the molecule is CN(C[C@@]1(C)CC[C@]2(C)CC[C@@]3(C)[C@]4(C)CC[C@H]5CC(=O)C(C#N)=C[C@]5(C)C4=CC(=O)[C@]3(O)[C@@H]2C1)C(=O)CNC(=O)c1cnn(C)c1. The van der Waals surface area contributed by atoms with E-state index in [1.807, 2.05) is 6.08 Å². The first-order chi connectivity index (χ1) is 21.9. The number of amides is 2. The van der Waals surface area contributed by atoms with Gasteiger partial charge in [-0.2, -0.15) is 10.4 Å². The second-order valence-corrected chi connectivity index (χ2v) is 16.7. The van der Waals surface area contributed by atoms with Crippen molar-refractivity contribution >= 4 is 23.4 Å². The molecule has 3 saturated carbocycles. The van der Waals surface area contributed by atoms with Crippen LogP contribution in [0.15, 0.2) is 35.7 Å². The molecule has 0 radical (unpaired) electrons. The van der Waals surface area contributed by atoms with Crippen molar-refractivity contribution in [2.24, 2.45) is 46.0 Å². The Hall–Kier alpha value is -3.58. The van der Waals surface area contributed by atoms with E-state index < -0.39 is 21.8 Å². The van der Waals surface area contributed by atoms with Gasteiger partial charge in [-0.15, -0.1) is 0 Å². The van der Waals surface area contributed by atoms with Crippen LogP contribution in [0.5, 0.6) is 0 Å². The van der Waals surface area contributed by atoms with Crippen LogP contribution >= 0.6 is 0 Å². The summed E-state index contributed by atoms with van der Waals surface area (Å²) in [5.74, 6) is -1.25. The molecule has 0 saturated heterocycles. The van der Waals surface area contributed by atoms with Crippen LogP contribution in [0.4, 0.5) is 0 Å². The monoisotopic (exact) mass is 643 g/mol. The highest BCUT2D eigenvalue weighted by Crippen LogP contribution is 2.74. The zero-order valence-electron chi connectivity index (χ0n) is 28.9. The summed E-state index contributed by atoms with van der Waals surface area (Å²) in [6.07, 6.45) is 12.3. The highest BCUT2D eigenvalue weighted by Gasteiger charge is 2.74. The largest absolute Gasteiger partial charge is 0.381 e. The van der Waals surface area contributed by atoms with Gasteiger partial charge in [-0.3, -0.25) is 23.9 Å². The number of nitrogens with one attached hydrogen (secondary N) is 1. The molecule has 6 rings (SSSR count). The predicted molar refractivity (Wildman–Crippen MR) is 174 cm³/mol. The van der Waals surface area contributed by atoms with Crippen molar-refractivity contribution < 1.29 is 24.3 Å². The minimum Gasteiger partial charge on any atom is -0.381 e. The number of ketones is 2. The van der Waals surface area contributed by atoms with Crippen LogP contribution in [0.1, 0.15) is 96.3 Å². The van der Waals surface area contributed by atoms with Crippen molar-refractivity contribution in [2.75, 3.05) is 20.1 Å². The number of allylic oxidation sites excluding steroid dienone is 3. The molecule has 0 bridgehead atoms. The van der Waals surface area contributed by atoms with Crippen molar-refractivity contribution in [2.45, 2.75) is 91.6 Å². The number of nitrogens with zero attached hydrogens (tertiary/aromatic N) is 4. The third-order valence-electron chi connectivity index (χ3n) is 14.0. The van der Waals surface area contributed by atoms with Gasteiger partial charge in [0.05, 0.1) is 23.9 Å². The molecule has 5 aliphatic carbocycles. The van der Waals surface area contributed by atoms with E-state index >= 15 is 0 Å². The van der Waals surface area contributed by atoms with E-state index in [2.05, 4.69) is 51.1 Å². The Morgan fingerprint density at radius 2 is 1.83 bits per heavy atom. The summed E-state index contributed by atoms with van der Waals surface area (Å²) in [5.41, 5.74) is -2.54. The van der Waals surface area contributed by atoms with Crippen molar-refractivity contribution in [3.8, 4) is 6.07 Å². The highest BCUT2D eigenvalue weighted by molar-refractivity contribution is 6.02. The zero-order valence-corrected chi connectivity index (χ0v) is 28.9. The van der Waals surface area contributed by atoms with Gasteiger partial charge in [-0.1, -0.05) is 40.7 Å². The molecule has 1 aromatic heterocycles. The predicted octanol–water partition coefficient (Wildman–Crippen LogP) is 4.31. The van der Waals surface area contributed by atoms with Crippen LogP contribution in [-0.4, -0.2) is 68.9 Å². The zero-order chi connectivity index (χ0) is 34.4. The maximum atomic E-state index is 14.6. The standard InChI is InChI=1S/C37H49N5O5/c1-32(22-41(6)30(45)20-39-31(46)24-19-40-42(7)21-24)10-11-33(2)12-13-36(5)35(4)9-8-25-14-26(43)23(18-38)16-34(25,3)27(35)15-29(44)37(36,47)28(33)17-32/h15-16,19,21,25,28,47H,8-14,17,20,22H2,1-7H3,(H,39,46)/t25-,28+,32-,33+,34-,35+,36-,37+/m0/s1. The number of nitriles is 1. The number of carbonyl (C=O) groups excluding carboxylic acids is 4. The molecule has 1 heterocycles. The normalized spacial score (nSPS) is 40.8. The third-order valence-corrected chi connectivity index (χ3v) is 14.0. The maximum absolute atomic E-state index is 14.6. The average Bonchev–Trinajstić information content (AvgIpc) is 3.46. The number of Topliss-reactive ketones (excluding diaryl/α,β-unsaturated/α-hetero) is 1. The van der Waals surface area contributed by atoms with Crippen molar-refractivity contribution in [3.63, 3.8) is 0 Å². The molecule has 0 unspecified atom stereocenters. The first-order valence-electron chi connectivity index (χ1n) is 17.0. The molecule has 0 spiro atoms. The smallest absolute Gasteiger partial charge is 0.254 e. The van der Waals surface area contributed by atoms with Gasteiger partial charge in [0.15, 0.2) is 11.6 Å². The van der Waals surface area contributed by atoms with Crippen molar-refractivity contribution in [1.82, 2.24) is 20.0 Å². The van der Waals surface area contributed by atoms with Gasteiger partial charge in [0, 0.05) is 50.0 Å². The van der Waals surface area contributed by atoms with Crippen molar-refractivity contribution in [3.05, 3.63) is 41.3 Å². The number of aromatic nitrogens is 2. The summed E-state index contributed by atoms with van der Waals surface area (Å²) >= 11 is 0. The first-order valence-corrected chi connectivity index (χ1v) is 17.0. The molecule has 2 amide bonds. The number of carbonyl (C=O) groups is 4. The topological polar surface area (TPSA) is 145 Å². The van der Waals surface area contributed by atoms with E-state index in [1.54, 1.807) is 31.3 Å². The Bertz CT molecular complexity index is 1670. The van der Waals surface area contributed by atoms with Crippen LogP contribution in [-0.2, 0) is 21.4 Å². The Labute approximate surface area is 277 Å². The second kappa shape index (κ2) is 10.7. The van der Waals surface area contributed by atoms with Gasteiger partial charge in [-0.05, 0) is 78.8 Å². The van der Waals surface area contributed by atoms with Gasteiger partial charge in [0.1, 0.15) is 11.7 Å². The second-order valence-electron chi connectivity index (χ2n) is 16.7. The number of aliphatic hydroxyl groups is 1. The first kappa shape index (κ1) is 33.3. The molecule has 1 aromatic rings. The number of hydrogen-bond acceptors (Lipinski definition) is 7. The Kier molecular flexibility index (Phi) is 7.60. The summed E-state index contributed by atoms with van der Waals surface area (Å²) in [7, 11) is 3.47. The third kappa shape index (κ3) is 4.70. The van der Waals surface area contributed by atoms with Gasteiger partial charge in [0.2, 0.25) is 5.91 Å². The molecule has 10 heteroatoms. The number of likely N-dealkylation sites (N-methyl/N-ethyl adjacent to an activating group) is 1. The van der Waals surface area contributed by atoms with E-state index in [9.17, 15) is 29.5 Å². The fraction of sp³-hybridized carbons (Fsp3) is 0.676. The molecule has 3 fully saturated rings. The number of hydrogen-bond donors (Lipinski definition) is 2. The summed E-state index contributed by atoms with van der Waals surface area (Å²) in [4.78, 5) is 54.6. The molecule has 2 N–H and O–H groups in total. The number of aryl methyl sites for hydroxylation is 1. The van der Waals surface area contributed by atoms with Crippen LogP contribution in [0.3, 0.4) is 0 Å². The Balaban J connectivity index is 1.28. The molecule has 0 aliphatic heterocycles. The van der Waals surface area contributed by atoms with Crippen LogP contribution in [0.2, 0.25) is 0 Å². The van der Waals surface area contributed by atoms with Gasteiger partial charge in [0.25, 0.3) is 5.91 Å². The Morgan fingerprint density at radius 1 is 1.13 bits per heavy atom. The van der Waals surface area contributed by atoms with Crippen LogP contribution < -0.4 is 5.32 Å². The summed E-state index contributed by atoms with van der Waals surface area (Å²) < 4.78 is 1.53. The van der Waals surface area contributed by atoms with Crippen LogP contribution in [0, 0.1) is 50.2 Å². The fourth-order valence-electron chi connectivity index (χ4n) is 10.7. The van der Waals surface area contributed by atoms with Gasteiger partial charge >= 0.3 is 0 Å². The lowest BCUT2D eigenvalue weighted by atomic mass is 9.33. The number of fused-ring (bicyclic) bond motifs is 7. The van der Waals surface area contributed by atoms with E-state index in [0.717, 1.165) is 37.7 Å². The average molecular weight is 644 g/mol. The quantitative estimate of drug-likeness (QED) is 0.487. The lowest BCUT2D eigenvalue weighted by Crippen LogP contribution is -2.73. The molecular formula is C37H49N5O5. The van der Waals surface area contributed by atoms with Gasteiger partial charge < -0.3 is 15.3 Å². The Morgan fingerprint density at radius 3 is 2.49 bits per heavy atom. The molecule has 0 aromatic carbocycles. The lowest BCUT2D eigenvalue weighted by Gasteiger charge is -2.71. The van der Waals surface area contributed by atoms with Crippen LogP contribution in [0.25, 0.3) is 0 Å². The summed E-state index contributed by atoms with van der Waals surface area (Å²) in [5, 5.41) is 29.5. The fourth-order valence-corrected chi connectivity index (χ4v) is 10.7. The van der Waals surface area contributed by atoms with E-state index in [-0.39, 0.29) is 58.2 Å². The maximum Gasteiger partial charge on any atom is 0.254 e. The molecule has 8 atom stereocenters. The molecular weight excluding hydrogens is 594 g/mol. The molecule has 47 heavy (non-hydrogen) atoms. The van der Waals surface area contributed by atoms with Gasteiger partial charge in [-0.25, -0.2) is 0 Å². The summed E-state index contributed by atoms with van der Waals surface area (Å²) in [6, 6.07) is 2.10. The lowest BCUT2D eigenvalue weighted by molar-refractivity contribution is -0.242. The van der Waals surface area contributed by atoms with E-state index in [0.29, 0.717) is 31.4 Å². The minimum absolute atomic E-state index is 0.0167. The van der Waals surface area contributed by atoms with E-state index in [4.69, 9.17) is 0 Å². The number of rotatable bonds is 5. The summed E-state index contributed by atoms with van der Waals surface area (Å²) in [6.45, 7) is 11.1. The van der Waals surface area contributed by atoms with Crippen molar-refractivity contribution in [1.29, 1.82) is 5.26 Å². The highest BCUT2D eigenvalue weighted by atomic mass is 16.3. The molecule has 252 valence electrons. The molecule has 5 aliphatic rings. The molecule has 10 nitrogen and oxygen atoms in total. The van der Waals surface area contributed by atoms with E-state index in [1.165, 1.54) is 10.9 Å². The minimum atomic E-state index is -1.60.